The molecule has 3 nitrogen and oxygen atoms in total. The summed E-state index contributed by atoms with van der Waals surface area (Å²) in [5.74, 6) is 5.51. The van der Waals surface area contributed by atoms with Gasteiger partial charge in [-0.15, -0.1) is 0 Å². The van der Waals surface area contributed by atoms with Crippen LogP contribution in [0.3, 0.4) is 0 Å². The molecule has 1 aromatic rings. The number of piperidine rings is 1. The van der Waals surface area contributed by atoms with Gasteiger partial charge in [-0.05, 0) is 44.0 Å². The number of benzene rings is 1. The number of hydrogen-bond donors (Lipinski definition) is 1. The Morgan fingerprint density at radius 2 is 2.33 bits per heavy atom. The number of rotatable bonds is 4. The Hall–Kier alpha value is -1.41. The number of nitrogens with two attached hydrogens (primary N) is 1. The molecule has 1 atom stereocenters. The molecule has 1 unspecified atom stereocenters. The molecule has 1 aromatic carbocycles. The lowest BCUT2D eigenvalue weighted by molar-refractivity contribution is 0.00361. The first kappa shape index (κ1) is 16.0. The van der Waals surface area contributed by atoms with Crippen LogP contribution >= 0.6 is 0 Å². The second-order valence-corrected chi connectivity index (χ2v) is 5.26. The van der Waals surface area contributed by atoms with Gasteiger partial charge in [0, 0.05) is 25.3 Å². The average molecular weight is 290 g/mol. The molecule has 0 saturated carbocycles. The fourth-order valence-electron chi connectivity index (χ4n) is 2.72. The van der Waals surface area contributed by atoms with Crippen molar-refractivity contribution < 1.29 is 9.13 Å². The number of ether oxygens (including phenoxy) is 1. The molecule has 0 spiro atoms. The van der Waals surface area contributed by atoms with Gasteiger partial charge in [0.25, 0.3) is 0 Å². The van der Waals surface area contributed by atoms with Crippen LogP contribution in [0.25, 0.3) is 0 Å². The van der Waals surface area contributed by atoms with Crippen molar-refractivity contribution in [3.8, 4) is 11.8 Å². The first-order valence-corrected chi connectivity index (χ1v) is 7.54. The lowest BCUT2D eigenvalue weighted by atomic mass is 10.0. The molecule has 114 valence electrons. The van der Waals surface area contributed by atoms with Gasteiger partial charge in [0.1, 0.15) is 5.82 Å². The van der Waals surface area contributed by atoms with Gasteiger partial charge in [-0.2, -0.15) is 0 Å². The number of likely N-dealkylation sites (tertiary alicyclic amines) is 1. The molecule has 0 aromatic heterocycles. The highest BCUT2D eigenvalue weighted by atomic mass is 19.1. The summed E-state index contributed by atoms with van der Waals surface area (Å²) in [6.45, 7) is 5.81. The Labute approximate surface area is 126 Å². The van der Waals surface area contributed by atoms with Crippen LogP contribution in [0.2, 0.25) is 0 Å². The van der Waals surface area contributed by atoms with E-state index in [1.165, 1.54) is 12.1 Å². The van der Waals surface area contributed by atoms with Crippen molar-refractivity contribution >= 4 is 0 Å². The summed E-state index contributed by atoms with van der Waals surface area (Å²) in [6, 6.07) is 4.80. The maximum Gasteiger partial charge on any atom is 0.124 e. The summed E-state index contributed by atoms with van der Waals surface area (Å²) in [5.41, 5.74) is 7.19. The van der Waals surface area contributed by atoms with Crippen LogP contribution in [0, 0.1) is 17.7 Å². The third-order valence-corrected chi connectivity index (χ3v) is 3.66. The van der Waals surface area contributed by atoms with Crippen molar-refractivity contribution in [3.63, 3.8) is 0 Å². The Bertz CT molecular complexity index is 519. The Kier molecular flexibility index (Phi) is 6.19. The van der Waals surface area contributed by atoms with Crippen LogP contribution in [0.5, 0.6) is 0 Å². The zero-order valence-corrected chi connectivity index (χ0v) is 12.6. The first-order valence-electron chi connectivity index (χ1n) is 7.54. The van der Waals surface area contributed by atoms with E-state index in [2.05, 4.69) is 16.7 Å². The van der Waals surface area contributed by atoms with Crippen molar-refractivity contribution in [1.82, 2.24) is 4.90 Å². The minimum absolute atomic E-state index is 0.258. The number of hydrogen-bond acceptors (Lipinski definition) is 3. The summed E-state index contributed by atoms with van der Waals surface area (Å²) < 4.78 is 19.1. The third-order valence-electron chi connectivity index (χ3n) is 3.66. The van der Waals surface area contributed by atoms with E-state index in [4.69, 9.17) is 10.5 Å². The molecule has 1 fully saturated rings. The second kappa shape index (κ2) is 8.14. The summed E-state index contributed by atoms with van der Waals surface area (Å²) in [5, 5.41) is 0. The fraction of sp³-hybridized carbons (Fsp3) is 0.529. The molecule has 4 heteroatoms. The predicted octanol–water partition coefficient (Wildman–Crippen LogP) is 2.14. The standard InChI is InChI=1S/C17H23FN2O/c1-2-21-17-6-4-10-20(13-17)12-15-7-8-16(18)11-14(15)5-3-9-19/h7-8,11,17H,2,4,6,9-10,12-13,19H2,1H3. The Morgan fingerprint density at radius 1 is 1.48 bits per heavy atom. The predicted molar refractivity (Wildman–Crippen MR) is 82.3 cm³/mol. The van der Waals surface area contributed by atoms with Gasteiger partial charge in [0.05, 0.1) is 12.6 Å². The molecule has 0 aliphatic carbocycles. The molecule has 0 radical (unpaired) electrons. The highest BCUT2D eigenvalue weighted by Gasteiger charge is 2.20. The summed E-state index contributed by atoms with van der Waals surface area (Å²) >= 11 is 0. The van der Waals surface area contributed by atoms with Crippen molar-refractivity contribution in [2.45, 2.75) is 32.4 Å². The highest BCUT2D eigenvalue weighted by molar-refractivity contribution is 5.42. The lowest BCUT2D eigenvalue weighted by Crippen LogP contribution is -2.39. The normalized spacial score (nSPS) is 19.1. The van der Waals surface area contributed by atoms with Crippen LogP contribution in [-0.2, 0) is 11.3 Å². The van der Waals surface area contributed by atoms with Gasteiger partial charge in [-0.1, -0.05) is 17.9 Å². The smallest absolute Gasteiger partial charge is 0.124 e. The number of halogens is 1. The fourth-order valence-corrected chi connectivity index (χ4v) is 2.72. The average Bonchev–Trinajstić information content (AvgIpc) is 2.48. The van der Waals surface area contributed by atoms with E-state index >= 15 is 0 Å². The van der Waals surface area contributed by atoms with E-state index in [1.807, 2.05) is 13.0 Å². The molecule has 21 heavy (non-hydrogen) atoms. The van der Waals surface area contributed by atoms with Crippen LogP contribution < -0.4 is 5.73 Å². The van der Waals surface area contributed by atoms with Gasteiger partial charge < -0.3 is 10.5 Å². The van der Waals surface area contributed by atoms with Crippen LogP contribution in [0.15, 0.2) is 18.2 Å². The van der Waals surface area contributed by atoms with Crippen LogP contribution in [0.1, 0.15) is 30.9 Å². The molecule has 2 N–H and O–H groups in total. The van der Waals surface area contributed by atoms with Gasteiger partial charge in [-0.25, -0.2) is 4.39 Å². The zero-order valence-electron chi connectivity index (χ0n) is 12.6. The third kappa shape index (κ3) is 4.82. The van der Waals surface area contributed by atoms with E-state index < -0.39 is 0 Å². The van der Waals surface area contributed by atoms with E-state index in [0.717, 1.165) is 50.2 Å². The molecule has 1 aliphatic rings. The largest absolute Gasteiger partial charge is 0.377 e. The lowest BCUT2D eigenvalue weighted by Gasteiger charge is -2.32. The summed E-state index contributed by atoms with van der Waals surface area (Å²) in [7, 11) is 0. The minimum Gasteiger partial charge on any atom is -0.377 e. The summed E-state index contributed by atoms with van der Waals surface area (Å²) in [6.07, 6.45) is 2.56. The van der Waals surface area contributed by atoms with Crippen molar-refractivity contribution in [3.05, 3.63) is 35.1 Å². The van der Waals surface area contributed by atoms with E-state index in [1.54, 1.807) is 0 Å². The number of nitrogens with zero attached hydrogens (tertiary/aromatic N) is 1. The molecule has 1 heterocycles. The molecular weight excluding hydrogens is 267 g/mol. The van der Waals surface area contributed by atoms with Crippen LogP contribution in [0.4, 0.5) is 4.39 Å². The van der Waals surface area contributed by atoms with Gasteiger partial charge >= 0.3 is 0 Å². The van der Waals surface area contributed by atoms with Gasteiger partial charge in [0.15, 0.2) is 0 Å². The molecule has 0 amide bonds. The van der Waals surface area contributed by atoms with Crippen molar-refractivity contribution in [1.29, 1.82) is 0 Å². The quantitative estimate of drug-likeness (QED) is 0.864. The monoisotopic (exact) mass is 290 g/mol. The van der Waals surface area contributed by atoms with Crippen molar-refractivity contribution in [2.75, 3.05) is 26.2 Å². The molecule has 1 aliphatic heterocycles. The van der Waals surface area contributed by atoms with Crippen molar-refractivity contribution in [2.24, 2.45) is 5.73 Å². The summed E-state index contributed by atoms with van der Waals surface area (Å²) in [4.78, 5) is 2.35. The van der Waals surface area contributed by atoms with E-state index in [0.29, 0.717) is 6.10 Å². The first-order chi connectivity index (χ1) is 10.2. The van der Waals surface area contributed by atoms with E-state index in [9.17, 15) is 4.39 Å². The molecule has 0 bridgehead atoms. The SMILES string of the molecule is CCOC1CCCN(Cc2ccc(F)cc2C#CCN)C1. The Morgan fingerprint density at radius 3 is 3.10 bits per heavy atom. The highest BCUT2D eigenvalue weighted by Crippen LogP contribution is 2.18. The van der Waals surface area contributed by atoms with E-state index in [-0.39, 0.29) is 12.4 Å². The molecular formula is C17H23FN2O. The minimum atomic E-state index is -0.258. The zero-order chi connectivity index (χ0) is 15.1. The topological polar surface area (TPSA) is 38.5 Å². The Balaban J connectivity index is 2.08. The second-order valence-electron chi connectivity index (χ2n) is 5.26. The maximum absolute atomic E-state index is 13.4. The maximum atomic E-state index is 13.4. The van der Waals surface area contributed by atoms with Crippen LogP contribution in [-0.4, -0.2) is 37.2 Å². The molecule has 1 saturated heterocycles. The van der Waals surface area contributed by atoms with Gasteiger partial charge in [-0.3, -0.25) is 4.90 Å². The van der Waals surface area contributed by atoms with Gasteiger partial charge in [0.2, 0.25) is 0 Å². The molecule has 2 rings (SSSR count).